The van der Waals surface area contributed by atoms with Crippen molar-refractivity contribution in [1.82, 2.24) is 4.90 Å². The molecule has 1 heterocycles. The van der Waals surface area contributed by atoms with Crippen LogP contribution in [0, 0.1) is 0 Å². The lowest BCUT2D eigenvalue weighted by Gasteiger charge is -2.18. The molecule has 0 bridgehead atoms. The summed E-state index contributed by atoms with van der Waals surface area (Å²) in [6.45, 7) is 2.79. The maximum absolute atomic E-state index is 9.41. The number of hydrogen-bond donors (Lipinski definition) is 2. The van der Waals surface area contributed by atoms with E-state index in [4.69, 9.17) is 5.73 Å². The number of β-amino-alcohol motifs (C(OH)–C–C–N with tert-alkyl or cyclic N) is 1. The van der Waals surface area contributed by atoms with Gasteiger partial charge in [-0.1, -0.05) is 30.3 Å². The van der Waals surface area contributed by atoms with Gasteiger partial charge >= 0.3 is 0 Å². The summed E-state index contributed by atoms with van der Waals surface area (Å²) in [5, 5.41) is 9.41. The van der Waals surface area contributed by atoms with Crippen LogP contribution >= 0.6 is 0 Å². The molecule has 0 spiro atoms. The lowest BCUT2D eigenvalue weighted by Crippen LogP contribution is -2.26. The molecular formula is C13H20N2O. The second-order valence-electron chi connectivity index (χ2n) is 4.55. The van der Waals surface area contributed by atoms with E-state index in [2.05, 4.69) is 17.0 Å². The van der Waals surface area contributed by atoms with Crippen LogP contribution in [0.3, 0.4) is 0 Å². The molecule has 1 saturated heterocycles. The number of hydrogen-bond acceptors (Lipinski definition) is 3. The van der Waals surface area contributed by atoms with Crippen molar-refractivity contribution in [3.05, 3.63) is 35.9 Å². The highest BCUT2D eigenvalue weighted by molar-refractivity contribution is 5.18. The maximum Gasteiger partial charge on any atom is 0.0679 e. The Kier molecular flexibility index (Phi) is 3.93. The number of benzene rings is 1. The van der Waals surface area contributed by atoms with Crippen LogP contribution in [0.5, 0.6) is 0 Å². The molecule has 1 aromatic rings. The molecule has 1 aromatic carbocycles. The van der Waals surface area contributed by atoms with Gasteiger partial charge in [-0.2, -0.15) is 0 Å². The van der Waals surface area contributed by atoms with Crippen LogP contribution in [0.15, 0.2) is 30.3 Å². The Labute approximate surface area is 96.9 Å². The predicted molar refractivity (Wildman–Crippen MR) is 65.1 cm³/mol. The van der Waals surface area contributed by atoms with Crippen LogP contribution < -0.4 is 5.73 Å². The molecule has 1 fully saturated rings. The molecule has 0 saturated carbocycles. The molecule has 2 unspecified atom stereocenters. The predicted octanol–water partition coefficient (Wildman–Crippen LogP) is 1.14. The first-order chi connectivity index (χ1) is 7.75. The van der Waals surface area contributed by atoms with Crippen molar-refractivity contribution in [2.75, 3.05) is 19.6 Å². The highest BCUT2D eigenvalue weighted by Gasteiger charge is 2.20. The van der Waals surface area contributed by atoms with Crippen LogP contribution in [-0.4, -0.2) is 35.7 Å². The van der Waals surface area contributed by atoms with Gasteiger partial charge in [0.15, 0.2) is 0 Å². The molecule has 3 heteroatoms. The number of likely N-dealkylation sites (tertiary alicyclic amines) is 1. The third kappa shape index (κ3) is 3.04. The van der Waals surface area contributed by atoms with Gasteiger partial charge in [0.25, 0.3) is 0 Å². The minimum atomic E-state index is -0.132. The standard InChI is InChI=1S/C13H20N2O/c14-13(11-4-2-1-3-5-11)7-9-15-8-6-12(16)10-15/h1-5,12-13,16H,6-10,14H2. The van der Waals surface area contributed by atoms with Gasteiger partial charge in [0, 0.05) is 25.7 Å². The summed E-state index contributed by atoms with van der Waals surface area (Å²) in [5.41, 5.74) is 7.32. The highest BCUT2D eigenvalue weighted by atomic mass is 16.3. The summed E-state index contributed by atoms with van der Waals surface area (Å²) in [6, 6.07) is 10.3. The molecule has 0 radical (unpaired) electrons. The summed E-state index contributed by atoms with van der Waals surface area (Å²) in [6.07, 6.45) is 1.73. The Morgan fingerprint density at radius 3 is 2.75 bits per heavy atom. The zero-order valence-electron chi connectivity index (χ0n) is 9.55. The number of aliphatic hydroxyl groups excluding tert-OH is 1. The minimum absolute atomic E-state index is 0.110. The fourth-order valence-electron chi connectivity index (χ4n) is 2.20. The zero-order valence-corrected chi connectivity index (χ0v) is 9.55. The van der Waals surface area contributed by atoms with Crippen molar-refractivity contribution in [2.24, 2.45) is 5.73 Å². The van der Waals surface area contributed by atoms with Gasteiger partial charge in [0.05, 0.1) is 6.10 Å². The third-order valence-corrected chi connectivity index (χ3v) is 3.23. The number of nitrogens with two attached hydrogens (primary N) is 1. The van der Waals surface area contributed by atoms with Gasteiger partial charge in [-0.15, -0.1) is 0 Å². The summed E-state index contributed by atoms with van der Waals surface area (Å²) < 4.78 is 0. The number of rotatable bonds is 4. The van der Waals surface area contributed by atoms with Gasteiger partial charge in [-0.25, -0.2) is 0 Å². The molecule has 16 heavy (non-hydrogen) atoms. The summed E-state index contributed by atoms with van der Waals surface area (Å²) >= 11 is 0. The van der Waals surface area contributed by atoms with E-state index in [1.54, 1.807) is 0 Å². The van der Waals surface area contributed by atoms with Crippen LogP contribution in [0.2, 0.25) is 0 Å². The maximum atomic E-state index is 9.41. The van der Waals surface area contributed by atoms with Crippen molar-refractivity contribution in [3.8, 4) is 0 Å². The first kappa shape index (κ1) is 11.6. The fraction of sp³-hybridized carbons (Fsp3) is 0.538. The van der Waals surface area contributed by atoms with E-state index in [-0.39, 0.29) is 12.1 Å². The van der Waals surface area contributed by atoms with E-state index >= 15 is 0 Å². The van der Waals surface area contributed by atoms with E-state index < -0.39 is 0 Å². The molecule has 0 amide bonds. The molecule has 1 aliphatic heterocycles. The van der Waals surface area contributed by atoms with E-state index in [1.165, 1.54) is 5.56 Å². The fourth-order valence-corrected chi connectivity index (χ4v) is 2.20. The SMILES string of the molecule is NC(CCN1CCC(O)C1)c1ccccc1. The van der Waals surface area contributed by atoms with Crippen LogP contribution in [0.4, 0.5) is 0 Å². The van der Waals surface area contributed by atoms with Gasteiger partial charge in [0.2, 0.25) is 0 Å². The largest absolute Gasteiger partial charge is 0.392 e. The Bertz CT molecular complexity index is 315. The molecular weight excluding hydrogens is 200 g/mol. The van der Waals surface area contributed by atoms with Crippen molar-refractivity contribution < 1.29 is 5.11 Å². The second kappa shape index (κ2) is 5.43. The smallest absolute Gasteiger partial charge is 0.0679 e. The Balaban J connectivity index is 1.78. The lowest BCUT2D eigenvalue weighted by molar-refractivity contribution is 0.175. The number of nitrogens with zero attached hydrogens (tertiary/aromatic N) is 1. The van der Waals surface area contributed by atoms with Gasteiger partial charge < -0.3 is 15.7 Å². The molecule has 0 aliphatic carbocycles. The van der Waals surface area contributed by atoms with Crippen molar-refractivity contribution in [3.63, 3.8) is 0 Å². The van der Waals surface area contributed by atoms with Gasteiger partial charge in [-0.05, 0) is 18.4 Å². The molecule has 3 nitrogen and oxygen atoms in total. The summed E-state index contributed by atoms with van der Waals surface area (Å²) in [5.74, 6) is 0. The molecule has 2 atom stereocenters. The summed E-state index contributed by atoms with van der Waals surface area (Å²) in [4.78, 5) is 2.29. The van der Waals surface area contributed by atoms with Crippen molar-refractivity contribution >= 4 is 0 Å². The van der Waals surface area contributed by atoms with E-state index in [9.17, 15) is 5.11 Å². The van der Waals surface area contributed by atoms with Gasteiger partial charge in [-0.3, -0.25) is 0 Å². The lowest BCUT2D eigenvalue weighted by atomic mass is 10.0. The Morgan fingerprint density at radius 1 is 1.38 bits per heavy atom. The van der Waals surface area contributed by atoms with Crippen LogP contribution in [-0.2, 0) is 0 Å². The van der Waals surface area contributed by atoms with Crippen molar-refractivity contribution in [1.29, 1.82) is 0 Å². The van der Waals surface area contributed by atoms with Gasteiger partial charge in [0.1, 0.15) is 0 Å². The quantitative estimate of drug-likeness (QED) is 0.800. The van der Waals surface area contributed by atoms with E-state index in [0.29, 0.717) is 0 Å². The van der Waals surface area contributed by atoms with E-state index in [0.717, 1.165) is 32.5 Å². The Hall–Kier alpha value is -0.900. The first-order valence-corrected chi connectivity index (χ1v) is 5.96. The molecule has 1 aliphatic rings. The highest BCUT2D eigenvalue weighted by Crippen LogP contribution is 2.16. The van der Waals surface area contributed by atoms with Crippen LogP contribution in [0.25, 0.3) is 0 Å². The van der Waals surface area contributed by atoms with Crippen molar-refractivity contribution in [2.45, 2.75) is 25.0 Å². The summed E-state index contributed by atoms with van der Waals surface area (Å²) in [7, 11) is 0. The minimum Gasteiger partial charge on any atom is -0.392 e. The third-order valence-electron chi connectivity index (χ3n) is 3.23. The number of aliphatic hydroxyl groups is 1. The van der Waals surface area contributed by atoms with E-state index in [1.807, 2.05) is 18.2 Å². The van der Waals surface area contributed by atoms with Crippen LogP contribution in [0.1, 0.15) is 24.4 Å². The molecule has 88 valence electrons. The normalized spacial score (nSPS) is 23.5. The average Bonchev–Trinajstić information content (AvgIpc) is 2.73. The molecule has 2 rings (SSSR count). The zero-order chi connectivity index (χ0) is 11.4. The molecule has 0 aromatic heterocycles. The monoisotopic (exact) mass is 220 g/mol. The Morgan fingerprint density at radius 2 is 2.12 bits per heavy atom. The molecule has 3 N–H and O–H groups in total. The topological polar surface area (TPSA) is 49.5 Å². The average molecular weight is 220 g/mol. The second-order valence-corrected chi connectivity index (χ2v) is 4.55. The first-order valence-electron chi connectivity index (χ1n) is 5.96.